The summed E-state index contributed by atoms with van der Waals surface area (Å²) in [6.07, 6.45) is 0. The molecule has 0 spiro atoms. The number of hydrogen-bond donors (Lipinski definition) is 1. The van der Waals surface area contributed by atoms with E-state index in [-0.39, 0.29) is 0 Å². The lowest BCUT2D eigenvalue weighted by molar-refractivity contribution is 0.372. The Morgan fingerprint density at radius 3 is 2.61 bits per heavy atom. The minimum atomic E-state index is 0.460. The quantitative estimate of drug-likeness (QED) is 0.796. The van der Waals surface area contributed by atoms with Crippen molar-refractivity contribution < 1.29 is 0 Å². The predicted octanol–water partition coefficient (Wildman–Crippen LogP) is 1.58. The first kappa shape index (κ1) is 14.9. The lowest BCUT2D eigenvalue weighted by atomic mass is 10.2. The fourth-order valence-corrected chi connectivity index (χ4v) is 2.23. The molecule has 102 valence electrons. The normalized spacial score (nSPS) is 12.8. The van der Waals surface area contributed by atoms with Gasteiger partial charge in [-0.3, -0.25) is 0 Å². The zero-order valence-corrected chi connectivity index (χ0v) is 12.3. The van der Waals surface area contributed by atoms with E-state index in [0.29, 0.717) is 6.04 Å². The highest BCUT2D eigenvalue weighted by atomic mass is 15.2. The van der Waals surface area contributed by atoms with Crippen molar-refractivity contribution in [2.45, 2.75) is 26.4 Å². The van der Waals surface area contributed by atoms with Gasteiger partial charge in [0.05, 0.1) is 5.69 Å². The van der Waals surface area contributed by atoms with Crippen molar-refractivity contribution in [3.05, 3.63) is 23.9 Å². The number of aromatic nitrogens is 1. The van der Waals surface area contributed by atoms with Crippen molar-refractivity contribution in [2.24, 2.45) is 0 Å². The van der Waals surface area contributed by atoms with Crippen LogP contribution in [-0.2, 0) is 6.54 Å². The fraction of sp³-hybridized carbons (Fsp3) is 0.643. The highest BCUT2D eigenvalue weighted by Crippen LogP contribution is 2.15. The summed E-state index contributed by atoms with van der Waals surface area (Å²) < 4.78 is 0. The topological polar surface area (TPSA) is 31.4 Å². The summed E-state index contributed by atoms with van der Waals surface area (Å²) >= 11 is 0. The highest BCUT2D eigenvalue weighted by Gasteiger charge is 2.14. The lowest BCUT2D eigenvalue weighted by Gasteiger charge is -2.31. The van der Waals surface area contributed by atoms with E-state index in [0.717, 1.165) is 31.1 Å². The van der Waals surface area contributed by atoms with Crippen LogP contribution in [0, 0.1) is 0 Å². The molecule has 0 aliphatic heterocycles. The minimum absolute atomic E-state index is 0.460. The van der Waals surface area contributed by atoms with Crippen molar-refractivity contribution in [1.82, 2.24) is 15.2 Å². The van der Waals surface area contributed by atoms with E-state index >= 15 is 0 Å². The zero-order valence-electron chi connectivity index (χ0n) is 12.3. The van der Waals surface area contributed by atoms with Crippen molar-refractivity contribution >= 4 is 5.82 Å². The van der Waals surface area contributed by atoms with Crippen LogP contribution in [0.15, 0.2) is 18.2 Å². The Kier molecular flexibility index (Phi) is 6.09. The molecule has 1 atom stereocenters. The van der Waals surface area contributed by atoms with Gasteiger partial charge in [-0.05, 0) is 47.1 Å². The third-order valence-corrected chi connectivity index (χ3v) is 2.95. The van der Waals surface area contributed by atoms with Gasteiger partial charge < -0.3 is 15.1 Å². The molecule has 0 aliphatic rings. The van der Waals surface area contributed by atoms with E-state index in [1.54, 1.807) is 0 Å². The maximum atomic E-state index is 4.71. The Hall–Kier alpha value is -1.13. The molecule has 1 rings (SSSR count). The van der Waals surface area contributed by atoms with E-state index < -0.39 is 0 Å². The Labute approximate surface area is 111 Å². The zero-order chi connectivity index (χ0) is 13.5. The molecule has 0 saturated heterocycles. The van der Waals surface area contributed by atoms with Gasteiger partial charge in [0, 0.05) is 25.7 Å². The molecular weight excluding hydrogens is 224 g/mol. The Morgan fingerprint density at radius 2 is 2.06 bits per heavy atom. The first-order chi connectivity index (χ1) is 8.58. The smallest absolute Gasteiger partial charge is 0.129 e. The molecule has 1 unspecified atom stereocenters. The van der Waals surface area contributed by atoms with Crippen LogP contribution in [0.5, 0.6) is 0 Å². The molecule has 0 bridgehead atoms. The van der Waals surface area contributed by atoms with Crippen LogP contribution in [0.1, 0.15) is 19.5 Å². The Bertz CT molecular complexity index is 351. The predicted molar refractivity (Wildman–Crippen MR) is 78.0 cm³/mol. The monoisotopic (exact) mass is 250 g/mol. The lowest BCUT2D eigenvalue weighted by Crippen LogP contribution is -2.40. The average Bonchev–Trinajstić information content (AvgIpc) is 2.30. The number of anilines is 1. The second-order valence-electron chi connectivity index (χ2n) is 4.91. The standard InChI is InChI=1S/C14H26N4/c1-6-18(12(2)11-17(4)5)14-9-7-8-13(16-14)10-15-3/h7-9,12,15H,6,10-11H2,1-5H3. The van der Waals surface area contributed by atoms with Gasteiger partial charge in [0.15, 0.2) is 0 Å². The summed E-state index contributed by atoms with van der Waals surface area (Å²) in [7, 11) is 6.16. The molecule has 1 heterocycles. The van der Waals surface area contributed by atoms with Crippen LogP contribution in [0.25, 0.3) is 0 Å². The van der Waals surface area contributed by atoms with Crippen LogP contribution >= 0.6 is 0 Å². The van der Waals surface area contributed by atoms with Crippen LogP contribution < -0.4 is 10.2 Å². The molecule has 4 nitrogen and oxygen atoms in total. The van der Waals surface area contributed by atoms with Gasteiger partial charge in [0.25, 0.3) is 0 Å². The number of pyridine rings is 1. The molecule has 1 aromatic rings. The molecule has 0 saturated carbocycles. The first-order valence-electron chi connectivity index (χ1n) is 6.60. The Balaban J connectivity index is 2.83. The summed E-state index contributed by atoms with van der Waals surface area (Å²) in [4.78, 5) is 9.27. The van der Waals surface area contributed by atoms with E-state index in [2.05, 4.69) is 61.3 Å². The van der Waals surface area contributed by atoms with Gasteiger partial charge in [-0.1, -0.05) is 6.07 Å². The van der Waals surface area contributed by atoms with E-state index in [9.17, 15) is 0 Å². The van der Waals surface area contributed by atoms with Gasteiger partial charge in [0.1, 0.15) is 5.82 Å². The largest absolute Gasteiger partial charge is 0.353 e. The van der Waals surface area contributed by atoms with Gasteiger partial charge in [-0.15, -0.1) is 0 Å². The van der Waals surface area contributed by atoms with Crippen molar-refractivity contribution in [3.63, 3.8) is 0 Å². The summed E-state index contributed by atoms with van der Waals surface area (Å²) in [5, 5.41) is 3.14. The molecule has 1 N–H and O–H groups in total. The third-order valence-electron chi connectivity index (χ3n) is 2.95. The molecule has 4 heteroatoms. The van der Waals surface area contributed by atoms with Crippen LogP contribution in [0.3, 0.4) is 0 Å². The second kappa shape index (κ2) is 7.34. The SMILES string of the molecule is CCN(c1cccc(CNC)n1)C(C)CN(C)C. The maximum absolute atomic E-state index is 4.71. The Morgan fingerprint density at radius 1 is 1.33 bits per heavy atom. The number of nitrogens with one attached hydrogen (secondary N) is 1. The van der Waals surface area contributed by atoms with E-state index in [1.807, 2.05) is 7.05 Å². The van der Waals surface area contributed by atoms with Gasteiger partial charge in [-0.2, -0.15) is 0 Å². The van der Waals surface area contributed by atoms with Crippen molar-refractivity contribution in [1.29, 1.82) is 0 Å². The van der Waals surface area contributed by atoms with Gasteiger partial charge in [0.2, 0.25) is 0 Å². The summed E-state index contributed by atoms with van der Waals surface area (Å²) in [6, 6.07) is 6.70. The number of hydrogen-bond acceptors (Lipinski definition) is 4. The van der Waals surface area contributed by atoms with Crippen LogP contribution in [0.2, 0.25) is 0 Å². The van der Waals surface area contributed by atoms with Gasteiger partial charge >= 0.3 is 0 Å². The van der Waals surface area contributed by atoms with Crippen molar-refractivity contribution in [3.8, 4) is 0 Å². The van der Waals surface area contributed by atoms with Crippen molar-refractivity contribution in [2.75, 3.05) is 39.1 Å². The molecule has 0 amide bonds. The molecule has 0 aromatic carbocycles. The number of rotatable bonds is 7. The summed E-state index contributed by atoms with van der Waals surface area (Å²) in [5.41, 5.74) is 1.09. The minimum Gasteiger partial charge on any atom is -0.353 e. The maximum Gasteiger partial charge on any atom is 0.129 e. The van der Waals surface area contributed by atoms with Gasteiger partial charge in [-0.25, -0.2) is 4.98 Å². The average molecular weight is 250 g/mol. The third kappa shape index (κ3) is 4.27. The van der Waals surface area contributed by atoms with E-state index in [4.69, 9.17) is 4.98 Å². The summed E-state index contributed by atoms with van der Waals surface area (Å²) in [5.74, 6) is 1.07. The molecule has 0 fully saturated rings. The fourth-order valence-electron chi connectivity index (χ4n) is 2.23. The van der Waals surface area contributed by atoms with E-state index in [1.165, 1.54) is 0 Å². The molecule has 0 aliphatic carbocycles. The second-order valence-corrected chi connectivity index (χ2v) is 4.91. The number of nitrogens with zero attached hydrogens (tertiary/aromatic N) is 3. The highest BCUT2D eigenvalue weighted by molar-refractivity contribution is 5.40. The molecular formula is C14H26N4. The molecule has 0 radical (unpaired) electrons. The first-order valence-corrected chi connectivity index (χ1v) is 6.60. The summed E-state index contributed by atoms with van der Waals surface area (Å²) in [6.45, 7) is 7.25. The molecule has 1 aromatic heterocycles. The molecule has 18 heavy (non-hydrogen) atoms. The number of likely N-dealkylation sites (N-methyl/N-ethyl adjacent to an activating group) is 2. The van der Waals surface area contributed by atoms with Crippen LogP contribution in [0.4, 0.5) is 5.82 Å². The van der Waals surface area contributed by atoms with Crippen LogP contribution in [-0.4, -0.2) is 50.2 Å².